The van der Waals surface area contributed by atoms with Gasteiger partial charge in [0.1, 0.15) is 12.4 Å². The summed E-state index contributed by atoms with van der Waals surface area (Å²) in [4.78, 5) is 33.7. The third-order valence-corrected chi connectivity index (χ3v) is 8.38. The summed E-state index contributed by atoms with van der Waals surface area (Å²) in [5.74, 6) is 0.712. The topological polar surface area (TPSA) is 63.9 Å². The summed E-state index contributed by atoms with van der Waals surface area (Å²) in [5.41, 5.74) is 3.84. The van der Waals surface area contributed by atoms with Gasteiger partial charge in [-0.2, -0.15) is 0 Å². The summed E-state index contributed by atoms with van der Waals surface area (Å²) >= 11 is 5.82. The van der Waals surface area contributed by atoms with Crippen LogP contribution in [-0.4, -0.2) is 31.1 Å². The average Bonchev–Trinajstić information content (AvgIpc) is 3.11. The van der Waals surface area contributed by atoms with E-state index in [0.29, 0.717) is 27.2 Å². The van der Waals surface area contributed by atoms with E-state index in [4.69, 9.17) is 4.74 Å². The Kier molecular flexibility index (Phi) is 8.20. The second-order valence-corrected chi connectivity index (χ2v) is 11.9. The van der Waals surface area contributed by atoms with Gasteiger partial charge < -0.3 is 9.64 Å². The number of carbonyl (C=O) groups is 1. The van der Waals surface area contributed by atoms with Gasteiger partial charge in [-0.25, -0.2) is 4.99 Å². The van der Waals surface area contributed by atoms with Crippen molar-refractivity contribution in [1.29, 1.82) is 0 Å². The molecule has 6 nitrogen and oxygen atoms in total. The largest absolute Gasteiger partial charge is 0.487 e. The number of anilines is 1. The molecule has 0 amide bonds. The maximum Gasteiger partial charge on any atom is 0.271 e. The van der Waals surface area contributed by atoms with Crippen LogP contribution in [0.15, 0.2) is 70.1 Å². The molecule has 0 fully saturated rings. The van der Waals surface area contributed by atoms with E-state index in [0.717, 1.165) is 29.7 Å². The van der Waals surface area contributed by atoms with Gasteiger partial charge in [0.2, 0.25) is 0 Å². The first kappa shape index (κ1) is 26.8. The SMILES string of the molecule is C=CCOc1c(I)cc(C=c2sc3n(c2=O)[C@@H](c2ccc(N(C)C)cc2)C(C(C)=O)=C(C)N=3)cc1I. The number of rotatable bonds is 7. The molecule has 0 spiro atoms. The van der Waals surface area contributed by atoms with E-state index in [2.05, 4.69) is 56.8 Å². The molecule has 2 aromatic carbocycles. The Morgan fingerprint density at radius 2 is 1.86 bits per heavy atom. The molecule has 1 aliphatic heterocycles. The normalized spacial score (nSPS) is 15.4. The maximum absolute atomic E-state index is 13.7. The van der Waals surface area contributed by atoms with Crippen molar-refractivity contribution in [3.8, 4) is 5.75 Å². The number of thiazole rings is 1. The molecule has 0 aliphatic carbocycles. The number of allylic oxidation sites excluding steroid dienone is 2. The number of hydrogen-bond acceptors (Lipinski definition) is 6. The minimum Gasteiger partial charge on any atom is -0.487 e. The second-order valence-electron chi connectivity index (χ2n) is 8.54. The molecule has 2 heterocycles. The fourth-order valence-electron chi connectivity index (χ4n) is 4.14. The molecule has 0 bridgehead atoms. The minimum absolute atomic E-state index is 0.0913. The van der Waals surface area contributed by atoms with Crippen LogP contribution in [-0.2, 0) is 4.79 Å². The van der Waals surface area contributed by atoms with Gasteiger partial charge in [0, 0.05) is 31.1 Å². The fraction of sp³-hybridized carbons (Fsp3) is 0.222. The number of ether oxygens (including phenoxy) is 1. The quantitative estimate of drug-likeness (QED) is 0.263. The van der Waals surface area contributed by atoms with Gasteiger partial charge in [0.05, 0.1) is 17.7 Å². The summed E-state index contributed by atoms with van der Waals surface area (Å²) in [5, 5.41) is 0. The van der Waals surface area contributed by atoms with E-state index in [-0.39, 0.29) is 11.3 Å². The number of aromatic nitrogens is 1. The van der Waals surface area contributed by atoms with E-state index in [1.165, 1.54) is 18.3 Å². The Bertz CT molecular complexity index is 1540. The van der Waals surface area contributed by atoms with E-state index < -0.39 is 6.04 Å². The lowest BCUT2D eigenvalue weighted by Gasteiger charge is -2.25. The first-order valence-electron chi connectivity index (χ1n) is 11.2. The van der Waals surface area contributed by atoms with E-state index in [1.807, 2.05) is 68.4 Å². The molecule has 186 valence electrons. The van der Waals surface area contributed by atoms with Gasteiger partial charge in [-0.15, -0.1) is 0 Å². The number of hydrogen-bond donors (Lipinski definition) is 0. The molecule has 1 atom stereocenters. The van der Waals surface area contributed by atoms with Gasteiger partial charge in [-0.05, 0) is 100 Å². The number of ketones is 1. The molecular weight excluding hydrogens is 700 g/mol. The standard InChI is InChI=1S/C27H25I2N3O3S/c1-6-11-35-25-20(28)12-17(13-21(25)29)14-22-26(34)32-24(18-7-9-19(10-8-18)31(4)5)23(16(3)33)15(2)30-27(32)36-22/h6-10,12-14,24H,1,11H2,2-5H3/t24-/m0/s1. The summed E-state index contributed by atoms with van der Waals surface area (Å²) < 4.78 is 9.90. The first-order chi connectivity index (χ1) is 17.1. The molecule has 0 saturated heterocycles. The van der Waals surface area contributed by atoms with Crippen molar-refractivity contribution >= 4 is 74.1 Å². The summed E-state index contributed by atoms with van der Waals surface area (Å²) in [6, 6.07) is 11.4. The minimum atomic E-state index is -0.521. The van der Waals surface area contributed by atoms with Crippen molar-refractivity contribution in [2.24, 2.45) is 4.99 Å². The lowest BCUT2D eigenvalue weighted by Crippen LogP contribution is -2.39. The van der Waals surface area contributed by atoms with Crippen LogP contribution in [0.2, 0.25) is 0 Å². The van der Waals surface area contributed by atoms with Gasteiger partial charge in [0.25, 0.3) is 5.56 Å². The maximum atomic E-state index is 13.7. The summed E-state index contributed by atoms with van der Waals surface area (Å²) in [6.07, 6.45) is 3.59. The molecule has 1 aliphatic rings. The van der Waals surface area contributed by atoms with Gasteiger partial charge in [-0.1, -0.05) is 36.1 Å². The predicted molar refractivity (Wildman–Crippen MR) is 163 cm³/mol. The Morgan fingerprint density at radius 1 is 1.22 bits per heavy atom. The second kappa shape index (κ2) is 11.0. The van der Waals surface area contributed by atoms with Crippen LogP contribution in [0.25, 0.3) is 6.08 Å². The zero-order valence-corrected chi connectivity index (χ0v) is 25.5. The van der Waals surface area contributed by atoms with Crippen LogP contribution in [0.1, 0.15) is 31.0 Å². The molecule has 0 radical (unpaired) electrons. The van der Waals surface area contributed by atoms with Crippen LogP contribution >= 0.6 is 56.5 Å². The molecular formula is C27H25I2N3O3S. The Morgan fingerprint density at radius 3 is 2.42 bits per heavy atom. The zero-order chi connectivity index (χ0) is 26.1. The molecule has 0 saturated carbocycles. The van der Waals surface area contributed by atoms with Crippen LogP contribution in [0.3, 0.4) is 0 Å². The van der Waals surface area contributed by atoms with Crippen molar-refractivity contribution in [1.82, 2.24) is 4.57 Å². The summed E-state index contributed by atoms with van der Waals surface area (Å²) in [7, 11) is 3.95. The number of Topliss-reactive ketones (excluding diaryl/α,β-unsaturated/α-hetero) is 1. The number of benzene rings is 2. The van der Waals surface area contributed by atoms with E-state index in [1.54, 1.807) is 10.6 Å². The van der Waals surface area contributed by atoms with Crippen molar-refractivity contribution < 1.29 is 9.53 Å². The highest BCUT2D eigenvalue weighted by atomic mass is 127. The van der Waals surface area contributed by atoms with Crippen molar-refractivity contribution in [2.45, 2.75) is 19.9 Å². The number of halogens is 2. The summed E-state index contributed by atoms with van der Waals surface area (Å²) in [6.45, 7) is 7.50. The molecule has 3 aromatic rings. The van der Waals surface area contributed by atoms with Gasteiger partial charge in [-0.3, -0.25) is 14.2 Å². The Labute approximate surface area is 241 Å². The highest BCUT2D eigenvalue weighted by Gasteiger charge is 2.30. The number of fused-ring (bicyclic) bond motifs is 1. The first-order valence-corrected chi connectivity index (χ1v) is 14.1. The highest BCUT2D eigenvalue weighted by molar-refractivity contribution is 14.1. The third-order valence-electron chi connectivity index (χ3n) is 5.79. The fourth-order valence-corrected chi connectivity index (χ4v) is 7.31. The molecule has 0 N–H and O–H groups in total. The van der Waals surface area contributed by atoms with Gasteiger partial charge >= 0.3 is 0 Å². The van der Waals surface area contributed by atoms with Crippen LogP contribution in [0.4, 0.5) is 5.69 Å². The average molecular weight is 725 g/mol. The lowest BCUT2D eigenvalue weighted by molar-refractivity contribution is -0.114. The molecule has 4 rings (SSSR count). The van der Waals surface area contributed by atoms with Crippen molar-refractivity contribution in [3.05, 3.63) is 98.3 Å². The smallest absolute Gasteiger partial charge is 0.271 e. The van der Waals surface area contributed by atoms with Crippen LogP contribution < -0.4 is 24.5 Å². The Hall–Kier alpha value is -2.25. The number of carbonyl (C=O) groups excluding carboxylic acids is 1. The van der Waals surface area contributed by atoms with Crippen LogP contribution in [0, 0.1) is 7.14 Å². The monoisotopic (exact) mass is 725 g/mol. The third kappa shape index (κ3) is 5.23. The van der Waals surface area contributed by atoms with Crippen LogP contribution in [0.5, 0.6) is 5.75 Å². The highest BCUT2D eigenvalue weighted by Crippen LogP contribution is 2.32. The predicted octanol–water partition coefficient (Wildman–Crippen LogP) is 4.66. The molecule has 36 heavy (non-hydrogen) atoms. The van der Waals surface area contributed by atoms with E-state index in [9.17, 15) is 9.59 Å². The van der Waals surface area contributed by atoms with Gasteiger partial charge in [0.15, 0.2) is 10.6 Å². The molecule has 1 aromatic heterocycles. The molecule has 0 unspecified atom stereocenters. The van der Waals surface area contributed by atoms with E-state index >= 15 is 0 Å². The number of nitrogens with zero attached hydrogens (tertiary/aromatic N) is 3. The van der Waals surface area contributed by atoms with Crippen molar-refractivity contribution in [3.63, 3.8) is 0 Å². The molecule has 9 heteroatoms. The Balaban J connectivity index is 1.88. The van der Waals surface area contributed by atoms with Crippen molar-refractivity contribution in [2.75, 3.05) is 25.6 Å². The zero-order valence-electron chi connectivity index (χ0n) is 20.3. The lowest BCUT2D eigenvalue weighted by atomic mass is 9.93.